The van der Waals surface area contributed by atoms with Gasteiger partial charge in [0.25, 0.3) is 0 Å². The summed E-state index contributed by atoms with van der Waals surface area (Å²) in [4.78, 5) is 26.1. The van der Waals surface area contributed by atoms with Crippen LogP contribution in [0.5, 0.6) is 0 Å². The number of rotatable bonds is 1. The molecule has 2 N–H and O–H groups in total. The lowest BCUT2D eigenvalue weighted by Crippen LogP contribution is -2.47. The molecule has 6 nitrogen and oxygen atoms in total. The van der Waals surface area contributed by atoms with Gasteiger partial charge in [0.15, 0.2) is 0 Å². The number of amides is 2. The van der Waals surface area contributed by atoms with Crippen LogP contribution in [0, 0.1) is 11.8 Å². The van der Waals surface area contributed by atoms with E-state index in [0.717, 1.165) is 4.90 Å². The first-order chi connectivity index (χ1) is 9.61. The maximum absolute atomic E-state index is 12.5. The molecule has 2 bridgehead atoms. The molecule has 3 heterocycles. The van der Waals surface area contributed by atoms with Gasteiger partial charge in [0.05, 0.1) is 29.7 Å². The molecule has 4 rings (SSSR count). The monoisotopic (exact) mass is 275 g/mol. The molecule has 3 aliphatic heterocycles. The first-order valence-corrected chi connectivity index (χ1v) is 6.55. The quantitative estimate of drug-likeness (QED) is 0.661. The van der Waals surface area contributed by atoms with Crippen molar-refractivity contribution in [3.8, 4) is 0 Å². The molecule has 3 fully saturated rings. The average Bonchev–Trinajstić information content (AvgIpc) is 3.05. The molecule has 3 aliphatic rings. The number of fused-ring (bicyclic) bond motifs is 5. The van der Waals surface area contributed by atoms with Gasteiger partial charge < -0.3 is 14.9 Å². The van der Waals surface area contributed by atoms with Crippen LogP contribution < -0.4 is 4.90 Å². The topological polar surface area (TPSA) is 87.1 Å². The number of aliphatic hydroxyl groups excluding tert-OH is 2. The van der Waals surface area contributed by atoms with Gasteiger partial charge in [0.1, 0.15) is 12.2 Å². The molecule has 1 aromatic rings. The molecular weight excluding hydrogens is 262 g/mol. The van der Waals surface area contributed by atoms with Crippen molar-refractivity contribution in [3.63, 3.8) is 0 Å². The molecule has 6 heteroatoms. The van der Waals surface area contributed by atoms with Gasteiger partial charge in [0, 0.05) is 0 Å². The van der Waals surface area contributed by atoms with E-state index >= 15 is 0 Å². The highest BCUT2D eigenvalue weighted by atomic mass is 16.6. The van der Waals surface area contributed by atoms with Crippen LogP contribution in [-0.2, 0) is 14.3 Å². The van der Waals surface area contributed by atoms with Crippen LogP contribution in [0.3, 0.4) is 0 Å². The fraction of sp³-hybridized carbons (Fsp3) is 0.429. The Morgan fingerprint density at radius 2 is 1.40 bits per heavy atom. The van der Waals surface area contributed by atoms with Gasteiger partial charge in [-0.3, -0.25) is 9.59 Å². The van der Waals surface area contributed by atoms with Crippen LogP contribution in [0.15, 0.2) is 30.3 Å². The van der Waals surface area contributed by atoms with Crippen molar-refractivity contribution < 1.29 is 24.5 Å². The molecule has 0 aliphatic carbocycles. The van der Waals surface area contributed by atoms with Gasteiger partial charge in [0.2, 0.25) is 11.8 Å². The number of benzene rings is 1. The van der Waals surface area contributed by atoms with Crippen molar-refractivity contribution in [2.45, 2.75) is 24.4 Å². The van der Waals surface area contributed by atoms with E-state index in [1.165, 1.54) is 0 Å². The molecule has 2 amide bonds. The normalized spacial score (nSPS) is 42.4. The van der Waals surface area contributed by atoms with Gasteiger partial charge in [-0.05, 0) is 12.1 Å². The van der Waals surface area contributed by atoms with Crippen LogP contribution in [-0.4, -0.2) is 46.4 Å². The number of imide groups is 1. The fourth-order valence-corrected chi connectivity index (χ4v) is 3.56. The highest BCUT2D eigenvalue weighted by Crippen LogP contribution is 2.49. The van der Waals surface area contributed by atoms with Gasteiger partial charge in [-0.2, -0.15) is 0 Å². The second-order valence-corrected chi connectivity index (χ2v) is 5.45. The van der Waals surface area contributed by atoms with Crippen molar-refractivity contribution in [1.29, 1.82) is 0 Å². The molecule has 0 aromatic heterocycles. The van der Waals surface area contributed by atoms with E-state index in [-0.39, 0.29) is 11.8 Å². The van der Waals surface area contributed by atoms with E-state index < -0.39 is 36.3 Å². The number of ether oxygens (including phenoxy) is 1. The number of aliphatic hydroxyl groups is 2. The molecule has 6 atom stereocenters. The minimum atomic E-state index is -1.10. The van der Waals surface area contributed by atoms with E-state index in [2.05, 4.69) is 0 Å². The molecule has 104 valence electrons. The van der Waals surface area contributed by atoms with E-state index in [4.69, 9.17) is 4.74 Å². The van der Waals surface area contributed by atoms with Crippen LogP contribution in [0.1, 0.15) is 0 Å². The summed E-state index contributed by atoms with van der Waals surface area (Å²) in [6, 6.07) is 8.67. The van der Waals surface area contributed by atoms with Crippen LogP contribution in [0.2, 0.25) is 0 Å². The lowest BCUT2D eigenvalue weighted by Gasteiger charge is -2.25. The molecule has 0 spiro atoms. The minimum Gasteiger partial charge on any atom is -0.388 e. The minimum absolute atomic E-state index is 0.357. The van der Waals surface area contributed by atoms with Gasteiger partial charge in [-0.1, -0.05) is 18.2 Å². The van der Waals surface area contributed by atoms with Crippen molar-refractivity contribution in [1.82, 2.24) is 0 Å². The third-order valence-electron chi connectivity index (χ3n) is 4.46. The smallest absolute Gasteiger partial charge is 0.240 e. The van der Waals surface area contributed by atoms with Crippen LogP contribution >= 0.6 is 0 Å². The van der Waals surface area contributed by atoms with Crippen LogP contribution in [0.4, 0.5) is 5.69 Å². The zero-order valence-corrected chi connectivity index (χ0v) is 10.4. The summed E-state index contributed by atoms with van der Waals surface area (Å²) in [5, 5.41) is 19.7. The van der Waals surface area contributed by atoms with Gasteiger partial charge in [-0.25, -0.2) is 4.90 Å². The molecule has 20 heavy (non-hydrogen) atoms. The predicted molar refractivity (Wildman–Crippen MR) is 66.6 cm³/mol. The van der Waals surface area contributed by atoms with E-state index in [9.17, 15) is 19.8 Å². The van der Waals surface area contributed by atoms with E-state index in [1.807, 2.05) is 0 Å². The first-order valence-electron chi connectivity index (χ1n) is 6.55. The molecule has 1 aromatic carbocycles. The molecule has 0 saturated carbocycles. The fourth-order valence-electron chi connectivity index (χ4n) is 3.56. The zero-order valence-electron chi connectivity index (χ0n) is 10.4. The summed E-state index contributed by atoms with van der Waals surface area (Å²) >= 11 is 0. The van der Waals surface area contributed by atoms with Crippen LogP contribution in [0.25, 0.3) is 0 Å². The van der Waals surface area contributed by atoms with E-state index in [0.29, 0.717) is 5.69 Å². The lowest BCUT2D eigenvalue weighted by atomic mass is 9.78. The van der Waals surface area contributed by atoms with Gasteiger partial charge >= 0.3 is 0 Å². The number of carbonyl (C=O) groups is 2. The Bertz CT molecular complexity index is 556. The molecule has 0 radical (unpaired) electrons. The molecule has 3 saturated heterocycles. The Hall–Kier alpha value is -1.76. The highest BCUT2D eigenvalue weighted by molar-refractivity contribution is 6.22. The Balaban J connectivity index is 1.75. The Morgan fingerprint density at radius 3 is 1.90 bits per heavy atom. The third-order valence-corrected chi connectivity index (χ3v) is 4.46. The van der Waals surface area contributed by atoms with Crippen molar-refractivity contribution in [2.24, 2.45) is 11.8 Å². The lowest BCUT2D eigenvalue weighted by molar-refractivity contribution is -0.125. The first kappa shape index (κ1) is 12.0. The second kappa shape index (κ2) is 3.88. The Labute approximate surface area is 114 Å². The summed E-state index contributed by atoms with van der Waals surface area (Å²) in [6.07, 6.45) is -3.78. The number of anilines is 1. The Kier molecular flexibility index (Phi) is 2.33. The number of carbonyl (C=O) groups excluding carboxylic acids is 2. The number of nitrogens with zero attached hydrogens (tertiary/aromatic N) is 1. The number of para-hydroxylation sites is 1. The maximum atomic E-state index is 12.5. The standard InChI is InChI=1S/C14H13NO5/c16-9-10(17)12-8-7(11(9)20-12)13(18)15(14(8)19)6-4-2-1-3-5-6/h1-5,7-12,16-17H/t7?,8?,9-,10?,11-,12?/m0/s1. The zero-order chi connectivity index (χ0) is 14.0. The summed E-state index contributed by atoms with van der Waals surface area (Å²) in [7, 11) is 0. The summed E-state index contributed by atoms with van der Waals surface area (Å²) < 4.78 is 5.42. The third kappa shape index (κ3) is 1.28. The largest absolute Gasteiger partial charge is 0.388 e. The predicted octanol–water partition coefficient (Wildman–Crippen LogP) is -0.705. The number of hydrogen-bond donors (Lipinski definition) is 2. The average molecular weight is 275 g/mol. The van der Waals surface area contributed by atoms with Crippen molar-refractivity contribution in [2.75, 3.05) is 4.90 Å². The maximum Gasteiger partial charge on any atom is 0.240 e. The molecule has 4 unspecified atom stereocenters. The number of hydrogen-bond acceptors (Lipinski definition) is 5. The summed E-state index contributed by atoms with van der Waals surface area (Å²) in [5.41, 5.74) is 0.514. The SMILES string of the molecule is O=C1C2C3O[C@@H](C2C(=O)N1c1ccccc1)[C@@H](O)C3O. The van der Waals surface area contributed by atoms with Crippen molar-refractivity contribution in [3.05, 3.63) is 30.3 Å². The van der Waals surface area contributed by atoms with Gasteiger partial charge in [-0.15, -0.1) is 0 Å². The van der Waals surface area contributed by atoms with Crippen molar-refractivity contribution >= 4 is 17.5 Å². The summed E-state index contributed by atoms with van der Waals surface area (Å²) in [5.74, 6) is -2.09. The van der Waals surface area contributed by atoms with E-state index in [1.54, 1.807) is 30.3 Å². The summed E-state index contributed by atoms with van der Waals surface area (Å²) in [6.45, 7) is 0. The Morgan fingerprint density at radius 1 is 0.900 bits per heavy atom. The highest BCUT2D eigenvalue weighted by Gasteiger charge is 2.68. The molecular formula is C14H13NO5. The second-order valence-electron chi connectivity index (χ2n) is 5.45.